The molecule has 0 spiro atoms. The number of benzene rings is 2. The molecule has 32 heavy (non-hydrogen) atoms. The zero-order valence-corrected chi connectivity index (χ0v) is 18.8. The number of hydrogen-bond acceptors (Lipinski definition) is 6. The van der Waals surface area contributed by atoms with Gasteiger partial charge >= 0.3 is 0 Å². The van der Waals surface area contributed by atoms with E-state index in [0.717, 1.165) is 28.7 Å². The fraction of sp³-hybridized carbons (Fsp3) is 0.400. The Morgan fingerprint density at radius 2 is 1.81 bits per heavy atom. The van der Waals surface area contributed by atoms with Crippen molar-refractivity contribution in [3.8, 4) is 17.1 Å². The Hall–Kier alpha value is -3.19. The Bertz CT molecular complexity index is 1130. The lowest BCUT2D eigenvalue weighted by Crippen LogP contribution is -2.52. The summed E-state index contributed by atoms with van der Waals surface area (Å²) in [6.45, 7) is 8.16. The zero-order valence-electron chi connectivity index (χ0n) is 18.8. The van der Waals surface area contributed by atoms with Gasteiger partial charge in [0.15, 0.2) is 5.82 Å². The van der Waals surface area contributed by atoms with Crippen LogP contribution in [0.25, 0.3) is 22.3 Å². The van der Waals surface area contributed by atoms with Crippen LogP contribution in [0.15, 0.2) is 42.5 Å². The standard InChI is InChI=1S/C25H30N4O3/c1-4-17(3)22(31)25(32)29-13-11-28(12-14-29)24-18-10-9-16(2)15-20(18)26-23(27-24)19-7-5-6-8-21(19)30/h5-10,15,17,22,30-31H,4,11-14H2,1-3H3/t17-,22-/m1/s1. The molecule has 1 aliphatic rings. The Balaban J connectivity index is 1.65. The van der Waals surface area contributed by atoms with Crippen molar-refractivity contribution in [2.75, 3.05) is 31.1 Å². The highest BCUT2D eigenvalue weighted by molar-refractivity contribution is 5.92. The lowest BCUT2D eigenvalue weighted by molar-refractivity contribution is -0.143. The molecule has 2 atom stereocenters. The Morgan fingerprint density at radius 3 is 2.50 bits per heavy atom. The van der Waals surface area contributed by atoms with E-state index in [4.69, 9.17) is 9.97 Å². The van der Waals surface area contributed by atoms with Crippen molar-refractivity contribution in [2.24, 2.45) is 5.92 Å². The summed E-state index contributed by atoms with van der Waals surface area (Å²) in [5.74, 6) is 1.15. The first kappa shape index (κ1) is 22.0. The normalized spacial score (nSPS) is 16.2. The van der Waals surface area contributed by atoms with Crippen molar-refractivity contribution < 1.29 is 15.0 Å². The maximum Gasteiger partial charge on any atom is 0.251 e. The van der Waals surface area contributed by atoms with Crippen LogP contribution in [-0.4, -0.2) is 63.3 Å². The number of aliphatic hydroxyl groups excluding tert-OH is 1. The fourth-order valence-corrected chi connectivity index (χ4v) is 4.04. The molecule has 7 nitrogen and oxygen atoms in total. The lowest BCUT2D eigenvalue weighted by atomic mass is 10.0. The van der Waals surface area contributed by atoms with E-state index in [1.807, 2.05) is 51.1 Å². The van der Waals surface area contributed by atoms with Gasteiger partial charge in [0.05, 0.1) is 11.1 Å². The number of piperazine rings is 1. The average molecular weight is 435 g/mol. The molecule has 1 fully saturated rings. The summed E-state index contributed by atoms with van der Waals surface area (Å²) in [6, 6.07) is 13.2. The number of aliphatic hydroxyl groups is 1. The predicted octanol–water partition coefficient (Wildman–Crippen LogP) is 3.37. The number of phenols is 1. The van der Waals surface area contributed by atoms with Crippen LogP contribution in [-0.2, 0) is 4.79 Å². The first-order valence-corrected chi connectivity index (χ1v) is 11.2. The summed E-state index contributed by atoms with van der Waals surface area (Å²) in [6.07, 6.45) is -0.198. The SMILES string of the molecule is CC[C@@H](C)[C@@H](O)C(=O)N1CCN(c2nc(-c3ccccc3O)nc3cc(C)ccc23)CC1. The quantitative estimate of drug-likeness (QED) is 0.640. The second kappa shape index (κ2) is 9.12. The number of phenolic OH excluding ortho intramolecular Hbond substituents is 1. The molecule has 0 radical (unpaired) electrons. The first-order chi connectivity index (χ1) is 15.4. The smallest absolute Gasteiger partial charge is 0.251 e. The second-order valence-corrected chi connectivity index (χ2v) is 8.55. The summed E-state index contributed by atoms with van der Waals surface area (Å²) in [7, 11) is 0. The van der Waals surface area contributed by atoms with Crippen molar-refractivity contribution in [3.63, 3.8) is 0 Å². The van der Waals surface area contributed by atoms with E-state index in [1.54, 1.807) is 17.0 Å². The van der Waals surface area contributed by atoms with Gasteiger partial charge in [-0.2, -0.15) is 0 Å². The van der Waals surface area contributed by atoms with Gasteiger partial charge in [-0.3, -0.25) is 4.79 Å². The van der Waals surface area contributed by atoms with E-state index in [-0.39, 0.29) is 17.6 Å². The molecule has 0 bridgehead atoms. The van der Waals surface area contributed by atoms with Gasteiger partial charge in [-0.25, -0.2) is 9.97 Å². The molecule has 1 aliphatic heterocycles. The average Bonchev–Trinajstić information content (AvgIpc) is 2.82. The number of rotatable bonds is 5. The van der Waals surface area contributed by atoms with Crippen molar-refractivity contribution in [2.45, 2.75) is 33.3 Å². The third kappa shape index (κ3) is 4.25. The van der Waals surface area contributed by atoms with Gasteiger partial charge in [0.2, 0.25) is 0 Å². The molecule has 2 N–H and O–H groups in total. The molecule has 7 heteroatoms. The summed E-state index contributed by atoms with van der Waals surface area (Å²) in [5, 5.41) is 21.6. The van der Waals surface area contributed by atoms with Gasteiger partial charge in [0.1, 0.15) is 17.7 Å². The van der Waals surface area contributed by atoms with Crippen molar-refractivity contribution >= 4 is 22.6 Å². The maximum atomic E-state index is 12.7. The molecule has 2 aromatic carbocycles. The van der Waals surface area contributed by atoms with Crippen molar-refractivity contribution in [1.29, 1.82) is 0 Å². The molecule has 0 saturated carbocycles. The number of anilines is 1. The van der Waals surface area contributed by atoms with E-state index in [1.165, 1.54) is 0 Å². The number of para-hydroxylation sites is 1. The molecule has 168 valence electrons. The third-order valence-electron chi connectivity index (χ3n) is 6.30. The number of hydrogen-bond donors (Lipinski definition) is 2. The van der Waals surface area contributed by atoms with Gasteiger partial charge < -0.3 is 20.0 Å². The van der Waals surface area contributed by atoms with E-state index in [0.29, 0.717) is 37.6 Å². The topological polar surface area (TPSA) is 89.8 Å². The molecule has 2 heterocycles. The number of nitrogens with zero attached hydrogens (tertiary/aromatic N) is 4. The van der Waals surface area contributed by atoms with Crippen LogP contribution in [0.2, 0.25) is 0 Å². The minimum Gasteiger partial charge on any atom is -0.507 e. The molecule has 1 aromatic heterocycles. The third-order valence-corrected chi connectivity index (χ3v) is 6.30. The van der Waals surface area contributed by atoms with Crippen LogP contribution in [0, 0.1) is 12.8 Å². The highest BCUT2D eigenvalue weighted by Crippen LogP contribution is 2.32. The minimum atomic E-state index is -0.956. The van der Waals surface area contributed by atoms with Crippen molar-refractivity contribution in [1.82, 2.24) is 14.9 Å². The number of aryl methyl sites for hydroxylation is 1. The largest absolute Gasteiger partial charge is 0.507 e. The molecule has 3 aromatic rings. The minimum absolute atomic E-state index is 0.0596. The highest BCUT2D eigenvalue weighted by Gasteiger charge is 2.30. The molecular weight excluding hydrogens is 404 g/mol. The van der Waals surface area contributed by atoms with E-state index >= 15 is 0 Å². The fourth-order valence-electron chi connectivity index (χ4n) is 4.04. The molecule has 0 aliphatic carbocycles. The van der Waals surface area contributed by atoms with E-state index < -0.39 is 6.10 Å². The number of carbonyl (C=O) groups excluding carboxylic acids is 1. The van der Waals surface area contributed by atoms with Crippen LogP contribution >= 0.6 is 0 Å². The van der Waals surface area contributed by atoms with E-state index in [9.17, 15) is 15.0 Å². The number of carbonyl (C=O) groups is 1. The summed E-state index contributed by atoms with van der Waals surface area (Å²) in [5.41, 5.74) is 2.50. The number of aromatic hydroxyl groups is 1. The molecular formula is C25H30N4O3. The van der Waals surface area contributed by atoms with Gasteiger partial charge in [0.25, 0.3) is 5.91 Å². The summed E-state index contributed by atoms with van der Waals surface area (Å²) >= 11 is 0. The number of aromatic nitrogens is 2. The van der Waals surface area contributed by atoms with Gasteiger partial charge in [-0.15, -0.1) is 0 Å². The van der Waals surface area contributed by atoms with Gasteiger partial charge in [-0.1, -0.05) is 38.5 Å². The second-order valence-electron chi connectivity index (χ2n) is 8.55. The molecule has 4 rings (SSSR count). The molecule has 1 saturated heterocycles. The lowest BCUT2D eigenvalue weighted by Gasteiger charge is -2.37. The van der Waals surface area contributed by atoms with Crippen LogP contribution in [0.3, 0.4) is 0 Å². The van der Waals surface area contributed by atoms with Gasteiger partial charge in [0, 0.05) is 31.6 Å². The molecule has 0 unspecified atom stereocenters. The number of fused-ring (bicyclic) bond motifs is 1. The Labute approximate surface area is 188 Å². The molecule has 1 amide bonds. The van der Waals surface area contributed by atoms with Crippen molar-refractivity contribution in [3.05, 3.63) is 48.0 Å². The Morgan fingerprint density at radius 1 is 1.09 bits per heavy atom. The van der Waals surface area contributed by atoms with Crippen LogP contribution in [0.5, 0.6) is 5.75 Å². The van der Waals surface area contributed by atoms with Crippen LogP contribution < -0.4 is 4.90 Å². The highest BCUT2D eigenvalue weighted by atomic mass is 16.3. The predicted molar refractivity (Wildman–Crippen MR) is 126 cm³/mol. The summed E-state index contributed by atoms with van der Waals surface area (Å²) in [4.78, 5) is 26.1. The van der Waals surface area contributed by atoms with Crippen LogP contribution in [0.1, 0.15) is 25.8 Å². The zero-order chi connectivity index (χ0) is 22.8. The van der Waals surface area contributed by atoms with E-state index in [2.05, 4.69) is 4.90 Å². The van der Waals surface area contributed by atoms with Gasteiger partial charge in [-0.05, 0) is 42.7 Å². The Kier molecular flexibility index (Phi) is 6.28. The van der Waals surface area contributed by atoms with Crippen LogP contribution in [0.4, 0.5) is 5.82 Å². The maximum absolute atomic E-state index is 12.7. The monoisotopic (exact) mass is 434 g/mol. The number of amides is 1. The first-order valence-electron chi connectivity index (χ1n) is 11.2. The summed E-state index contributed by atoms with van der Waals surface area (Å²) < 4.78 is 0.